The van der Waals surface area contributed by atoms with Crippen molar-refractivity contribution in [2.24, 2.45) is 5.92 Å². The Kier molecular flexibility index (Phi) is 6.53. The number of hydrogen-bond acceptors (Lipinski definition) is 7. The lowest BCUT2D eigenvalue weighted by Gasteiger charge is -2.23. The third-order valence-corrected chi connectivity index (χ3v) is 4.64. The highest BCUT2D eigenvalue weighted by Gasteiger charge is 2.38. The maximum Gasteiger partial charge on any atom is 0.416 e. The van der Waals surface area contributed by atoms with E-state index in [9.17, 15) is 9.90 Å². The molecular weight excluding hydrogens is 372 g/mol. The fraction of sp³-hybridized carbons (Fsp3) is 0.476. The lowest BCUT2D eigenvalue weighted by atomic mass is 10.1. The van der Waals surface area contributed by atoms with Gasteiger partial charge in [-0.25, -0.2) is 9.78 Å². The molecule has 3 atom stereocenters. The van der Waals surface area contributed by atoms with E-state index in [0.29, 0.717) is 24.3 Å². The van der Waals surface area contributed by atoms with E-state index < -0.39 is 18.2 Å². The van der Waals surface area contributed by atoms with Crippen molar-refractivity contribution in [3.63, 3.8) is 0 Å². The van der Waals surface area contributed by atoms with Gasteiger partial charge in [0.25, 0.3) is 0 Å². The Morgan fingerprint density at radius 2 is 2.10 bits per heavy atom. The fourth-order valence-corrected chi connectivity index (χ4v) is 3.02. The van der Waals surface area contributed by atoms with Crippen LogP contribution in [0.4, 0.5) is 16.6 Å². The summed E-state index contributed by atoms with van der Waals surface area (Å²) in [4.78, 5) is 22.2. The van der Waals surface area contributed by atoms with Gasteiger partial charge < -0.3 is 19.9 Å². The first-order valence-corrected chi connectivity index (χ1v) is 9.81. The van der Waals surface area contributed by atoms with Crippen LogP contribution in [-0.2, 0) is 4.74 Å². The average molecular weight is 400 g/mol. The number of anilines is 2. The van der Waals surface area contributed by atoms with E-state index in [1.165, 1.54) is 4.90 Å². The summed E-state index contributed by atoms with van der Waals surface area (Å²) in [5.41, 5.74) is 1.03. The molecule has 8 heteroatoms. The molecule has 1 aromatic heterocycles. The van der Waals surface area contributed by atoms with E-state index in [-0.39, 0.29) is 12.6 Å². The fourth-order valence-electron chi connectivity index (χ4n) is 3.02. The van der Waals surface area contributed by atoms with E-state index >= 15 is 0 Å². The average Bonchev–Trinajstić information content (AvgIpc) is 3.08. The molecule has 0 bridgehead atoms. The standard InChI is InChI=1S/C21H28N4O4/c1-13(2)11-28-17-7-5-6-16(10-17)14(3)23-20-22-9-8-19(24-20)25-18(15(4)26)12-29-21(25)27/h5-10,13-15,18,26H,11-12H2,1-4H3,(H,22,23,24)/t14-,15+,18?/m0/s1. The van der Waals surface area contributed by atoms with Gasteiger partial charge in [0.05, 0.1) is 18.8 Å². The number of ether oxygens (including phenoxy) is 2. The molecule has 1 aliphatic rings. The molecule has 1 aromatic carbocycles. The van der Waals surface area contributed by atoms with E-state index in [0.717, 1.165) is 11.3 Å². The number of amides is 1. The summed E-state index contributed by atoms with van der Waals surface area (Å²) in [6.45, 7) is 8.62. The molecule has 0 saturated carbocycles. The van der Waals surface area contributed by atoms with Crippen LogP contribution in [0.2, 0.25) is 0 Å². The molecule has 8 nitrogen and oxygen atoms in total. The molecule has 2 heterocycles. The highest BCUT2D eigenvalue weighted by Crippen LogP contribution is 2.26. The van der Waals surface area contributed by atoms with Gasteiger partial charge in [-0.05, 0) is 43.5 Å². The van der Waals surface area contributed by atoms with Crippen LogP contribution >= 0.6 is 0 Å². The van der Waals surface area contributed by atoms with Crippen molar-refractivity contribution >= 4 is 17.9 Å². The smallest absolute Gasteiger partial charge is 0.416 e. The second kappa shape index (κ2) is 9.09. The summed E-state index contributed by atoms with van der Waals surface area (Å²) in [6, 6.07) is 8.95. The maximum absolute atomic E-state index is 12.1. The van der Waals surface area contributed by atoms with Crippen molar-refractivity contribution in [3.05, 3.63) is 42.1 Å². The Morgan fingerprint density at radius 3 is 2.83 bits per heavy atom. The third-order valence-electron chi connectivity index (χ3n) is 4.64. The molecule has 1 saturated heterocycles. The predicted molar refractivity (Wildman–Crippen MR) is 110 cm³/mol. The number of aliphatic hydroxyl groups is 1. The van der Waals surface area contributed by atoms with Crippen molar-refractivity contribution in [2.75, 3.05) is 23.4 Å². The van der Waals surface area contributed by atoms with Crippen LogP contribution in [0.25, 0.3) is 0 Å². The number of benzene rings is 1. The molecule has 1 aliphatic heterocycles. The predicted octanol–water partition coefficient (Wildman–Crippen LogP) is 3.39. The zero-order valence-corrected chi connectivity index (χ0v) is 17.2. The van der Waals surface area contributed by atoms with Gasteiger partial charge in [0.2, 0.25) is 5.95 Å². The van der Waals surface area contributed by atoms with Gasteiger partial charge >= 0.3 is 6.09 Å². The summed E-state index contributed by atoms with van der Waals surface area (Å²) in [7, 11) is 0. The SMILES string of the molecule is CC(C)COc1cccc([C@H](C)Nc2nccc(N3C(=O)OCC3[C@@H](C)O)n2)c1. The van der Waals surface area contributed by atoms with E-state index in [4.69, 9.17) is 9.47 Å². The van der Waals surface area contributed by atoms with Gasteiger partial charge in [-0.1, -0.05) is 26.0 Å². The van der Waals surface area contributed by atoms with Gasteiger partial charge in [0.1, 0.15) is 24.2 Å². The minimum absolute atomic E-state index is 0.0778. The van der Waals surface area contributed by atoms with Crippen molar-refractivity contribution in [1.82, 2.24) is 9.97 Å². The number of carbonyl (C=O) groups is 1. The number of carbonyl (C=O) groups excluding carboxylic acids is 1. The van der Waals surface area contributed by atoms with Crippen molar-refractivity contribution < 1.29 is 19.4 Å². The summed E-state index contributed by atoms with van der Waals surface area (Å²) < 4.78 is 10.9. The summed E-state index contributed by atoms with van der Waals surface area (Å²) >= 11 is 0. The van der Waals surface area contributed by atoms with Crippen LogP contribution in [0.15, 0.2) is 36.5 Å². The number of rotatable bonds is 8. The van der Waals surface area contributed by atoms with E-state index in [1.54, 1.807) is 19.2 Å². The van der Waals surface area contributed by atoms with Crippen molar-refractivity contribution in [3.8, 4) is 5.75 Å². The van der Waals surface area contributed by atoms with E-state index in [2.05, 4.69) is 29.1 Å². The molecule has 156 valence electrons. The number of cyclic esters (lactones) is 1. The summed E-state index contributed by atoms with van der Waals surface area (Å²) in [5, 5.41) is 13.2. The van der Waals surface area contributed by atoms with Crippen LogP contribution in [0, 0.1) is 5.92 Å². The monoisotopic (exact) mass is 400 g/mol. The highest BCUT2D eigenvalue weighted by molar-refractivity contribution is 5.89. The zero-order valence-electron chi connectivity index (χ0n) is 17.2. The topological polar surface area (TPSA) is 96.8 Å². The molecule has 2 N–H and O–H groups in total. The van der Waals surface area contributed by atoms with Gasteiger partial charge in [0, 0.05) is 6.20 Å². The Hall–Kier alpha value is -2.87. The van der Waals surface area contributed by atoms with Gasteiger partial charge in [-0.2, -0.15) is 4.98 Å². The van der Waals surface area contributed by atoms with Crippen LogP contribution < -0.4 is 15.0 Å². The number of hydrogen-bond donors (Lipinski definition) is 2. The van der Waals surface area contributed by atoms with E-state index in [1.807, 2.05) is 31.2 Å². The van der Waals surface area contributed by atoms with Gasteiger partial charge in [-0.15, -0.1) is 0 Å². The largest absolute Gasteiger partial charge is 0.493 e. The van der Waals surface area contributed by atoms with Crippen LogP contribution in [0.3, 0.4) is 0 Å². The lowest BCUT2D eigenvalue weighted by Crippen LogP contribution is -2.41. The highest BCUT2D eigenvalue weighted by atomic mass is 16.6. The molecule has 1 unspecified atom stereocenters. The second-order valence-corrected chi connectivity index (χ2v) is 7.64. The Labute approximate surface area is 170 Å². The van der Waals surface area contributed by atoms with Gasteiger partial charge in [-0.3, -0.25) is 4.90 Å². The van der Waals surface area contributed by atoms with Crippen molar-refractivity contribution in [2.45, 2.75) is 45.9 Å². The molecule has 29 heavy (non-hydrogen) atoms. The molecule has 2 aromatic rings. The van der Waals surface area contributed by atoms with Crippen molar-refractivity contribution in [1.29, 1.82) is 0 Å². The minimum atomic E-state index is -0.736. The van der Waals surface area contributed by atoms with Crippen LogP contribution in [-0.4, -0.2) is 46.5 Å². The summed E-state index contributed by atoms with van der Waals surface area (Å²) in [6.07, 6.45) is 0.313. The second-order valence-electron chi connectivity index (χ2n) is 7.64. The first kappa shape index (κ1) is 20.9. The first-order chi connectivity index (χ1) is 13.8. The number of aromatic nitrogens is 2. The molecule has 1 amide bonds. The lowest BCUT2D eigenvalue weighted by molar-refractivity contribution is 0.142. The normalized spacial score (nSPS) is 18.5. The number of aliphatic hydroxyl groups excluding tert-OH is 1. The van der Waals surface area contributed by atoms with Crippen LogP contribution in [0.5, 0.6) is 5.75 Å². The molecule has 0 aliphatic carbocycles. The molecule has 3 rings (SSSR count). The maximum atomic E-state index is 12.1. The Bertz CT molecular complexity index is 843. The Balaban J connectivity index is 1.73. The molecule has 0 spiro atoms. The minimum Gasteiger partial charge on any atom is -0.493 e. The first-order valence-electron chi connectivity index (χ1n) is 9.81. The molecule has 1 fully saturated rings. The quantitative estimate of drug-likeness (QED) is 0.701. The number of nitrogens with zero attached hydrogens (tertiary/aromatic N) is 3. The zero-order chi connectivity index (χ0) is 21.0. The molecule has 0 radical (unpaired) electrons. The third kappa shape index (κ3) is 5.14. The molecular formula is C21H28N4O4. The Morgan fingerprint density at radius 1 is 1.31 bits per heavy atom. The number of nitrogens with one attached hydrogen (secondary N) is 1. The summed E-state index contributed by atoms with van der Waals surface area (Å²) in [5.74, 6) is 2.04. The van der Waals surface area contributed by atoms with Crippen LogP contribution in [0.1, 0.15) is 39.3 Å². The van der Waals surface area contributed by atoms with Gasteiger partial charge in [0.15, 0.2) is 0 Å².